The second-order valence-electron chi connectivity index (χ2n) is 4.03. The maximum atomic E-state index is 11.5. The molecule has 1 amide bonds. The third-order valence-electron chi connectivity index (χ3n) is 2.22. The molecule has 0 fully saturated rings. The van der Waals surface area contributed by atoms with E-state index < -0.39 is 0 Å². The van der Waals surface area contributed by atoms with Crippen LogP contribution in [0, 0.1) is 5.92 Å². The van der Waals surface area contributed by atoms with Gasteiger partial charge in [0.1, 0.15) is 0 Å². The number of carbonyl (C=O) groups is 1. The lowest BCUT2D eigenvalue weighted by molar-refractivity contribution is -0.121. The zero-order valence-corrected chi connectivity index (χ0v) is 10.8. The van der Waals surface area contributed by atoms with Gasteiger partial charge >= 0.3 is 0 Å². The van der Waals surface area contributed by atoms with Crippen molar-refractivity contribution in [3.05, 3.63) is 0 Å². The van der Waals surface area contributed by atoms with Crippen LogP contribution in [0.5, 0.6) is 0 Å². The number of nitrogens with one attached hydrogen (secondary N) is 1. The Morgan fingerprint density at radius 1 is 1.33 bits per heavy atom. The largest absolute Gasteiger partial charge is 0.385 e. The lowest BCUT2D eigenvalue weighted by Gasteiger charge is -2.14. The van der Waals surface area contributed by atoms with E-state index in [1.807, 2.05) is 13.8 Å². The molecule has 0 bridgehead atoms. The quantitative estimate of drug-likeness (QED) is 0.496. The van der Waals surface area contributed by atoms with Crippen LogP contribution in [0.25, 0.3) is 0 Å². The van der Waals surface area contributed by atoms with Gasteiger partial charge in [-0.1, -0.05) is 13.8 Å². The van der Waals surface area contributed by atoms with Crippen LogP contribution < -0.4 is 5.32 Å². The number of methoxy groups -OCH3 is 1. The van der Waals surface area contributed by atoms with E-state index in [4.69, 9.17) is 4.74 Å². The van der Waals surface area contributed by atoms with Gasteiger partial charge in [0, 0.05) is 20.3 Å². The average molecular weight is 233 g/mol. The summed E-state index contributed by atoms with van der Waals surface area (Å²) in [6, 6.07) is 0. The second-order valence-corrected chi connectivity index (χ2v) is 4.59. The number of rotatable bonds is 8. The third kappa shape index (κ3) is 7.68. The number of hydrogen-bond donors (Lipinski definition) is 2. The Morgan fingerprint density at radius 3 is 2.53 bits per heavy atom. The number of carbonyl (C=O) groups excluding carboxylic acids is 1. The fourth-order valence-corrected chi connectivity index (χ4v) is 1.26. The van der Waals surface area contributed by atoms with Crippen LogP contribution in [0.2, 0.25) is 0 Å². The molecule has 0 rings (SSSR count). The summed E-state index contributed by atoms with van der Waals surface area (Å²) < 4.78 is 4.94. The first kappa shape index (κ1) is 14.8. The van der Waals surface area contributed by atoms with E-state index >= 15 is 0 Å². The van der Waals surface area contributed by atoms with Gasteiger partial charge in [0.25, 0.3) is 0 Å². The van der Waals surface area contributed by atoms with E-state index in [0.717, 1.165) is 32.4 Å². The Bertz CT molecular complexity index is 174. The molecule has 0 aromatic rings. The van der Waals surface area contributed by atoms with Crippen LogP contribution in [0.15, 0.2) is 0 Å². The lowest BCUT2D eigenvalue weighted by atomic mass is 10.1. The monoisotopic (exact) mass is 233 g/mol. The van der Waals surface area contributed by atoms with Crippen molar-refractivity contribution in [1.29, 1.82) is 0 Å². The van der Waals surface area contributed by atoms with E-state index in [2.05, 4.69) is 17.9 Å². The van der Waals surface area contributed by atoms with Crippen molar-refractivity contribution in [3.8, 4) is 0 Å². The van der Waals surface area contributed by atoms with Crippen molar-refractivity contribution in [2.75, 3.05) is 20.3 Å². The molecule has 15 heavy (non-hydrogen) atoms. The Morgan fingerprint density at radius 2 is 2.00 bits per heavy atom. The highest BCUT2D eigenvalue weighted by molar-refractivity contribution is 7.81. The maximum Gasteiger partial charge on any atom is 0.233 e. The van der Waals surface area contributed by atoms with Crippen LogP contribution in [-0.2, 0) is 9.53 Å². The van der Waals surface area contributed by atoms with Crippen LogP contribution in [-0.4, -0.2) is 31.4 Å². The molecule has 0 aromatic heterocycles. The molecule has 1 unspecified atom stereocenters. The predicted molar refractivity (Wildman–Crippen MR) is 66.3 cm³/mol. The number of thiol groups is 1. The molecular weight excluding hydrogens is 210 g/mol. The lowest BCUT2D eigenvalue weighted by Crippen LogP contribution is -2.34. The summed E-state index contributed by atoms with van der Waals surface area (Å²) in [6.07, 6.45) is 3.15. The molecule has 4 heteroatoms. The summed E-state index contributed by atoms with van der Waals surface area (Å²) in [7, 11) is 1.70. The molecule has 0 radical (unpaired) electrons. The zero-order valence-electron chi connectivity index (χ0n) is 9.95. The van der Waals surface area contributed by atoms with Gasteiger partial charge in [-0.25, -0.2) is 0 Å². The summed E-state index contributed by atoms with van der Waals surface area (Å²) in [5.41, 5.74) is 0. The van der Waals surface area contributed by atoms with Crippen molar-refractivity contribution < 1.29 is 9.53 Å². The molecule has 90 valence electrons. The smallest absolute Gasteiger partial charge is 0.233 e. The third-order valence-corrected chi connectivity index (χ3v) is 3.06. The molecule has 0 aliphatic rings. The first-order chi connectivity index (χ1) is 7.09. The van der Waals surface area contributed by atoms with E-state index in [9.17, 15) is 4.79 Å². The maximum absolute atomic E-state index is 11.5. The topological polar surface area (TPSA) is 38.3 Å². The Balaban J connectivity index is 3.39. The minimum Gasteiger partial charge on any atom is -0.385 e. The van der Waals surface area contributed by atoms with Crippen LogP contribution >= 0.6 is 12.6 Å². The van der Waals surface area contributed by atoms with Gasteiger partial charge < -0.3 is 10.1 Å². The molecule has 0 aromatic carbocycles. The fraction of sp³-hybridized carbons (Fsp3) is 0.909. The predicted octanol–water partition coefficient (Wildman–Crippen LogP) is 1.87. The van der Waals surface area contributed by atoms with Gasteiger partial charge in [0.2, 0.25) is 5.91 Å². The molecule has 0 aliphatic heterocycles. The first-order valence-electron chi connectivity index (χ1n) is 5.54. The minimum absolute atomic E-state index is 0.0417. The zero-order chi connectivity index (χ0) is 11.7. The minimum atomic E-state index is -0.191. The standard InChI is InChI=1S/C11H23NO2S/c1-9(2)10(15)11(13)12-7-5-4-6-8-14-3/h9-10,15H,4-8H2,1-3H3,(H,12,13). The van der Waals surface area contributed by atoms with Crippen molar-refractivity contribution >= 4 is 18.5 Å². The molecule has 0 spiro atoms. The Labute approximate surface area is 98.4 Å². The molecule has 1 atom stereocenters. The second kappa shape index (κ2) is 9.04. The highest BCUT2D eigenvalue weighted by atomic mass is 32.1. The van der Waals surface area contributed by atoms with Gasteiger partial charge in [0.05, 0.1) is 5.25 Å². The summed E-state index contributed by atoms with van der Waals surface area (Å²) in [5.74, 6) is 0.321. The molecule has 1 N–H and O–H groups in total. The SMILES string of the molecule is COCCCCCNC(=O)C(S)C(C)C. The average Bonchev–Trinajstić information content (AvgIpc) is 2.21. The van der Waals surface area contributed by atoms with Gasteiger partial charge in [-0.15, -0.1) is 0 Å². The molecule has 3 nitrogen and oxygen atoms in total. The molecule has 0 heterocycles. The Hall–Kier alpha value is -0.220. The van der Waals surface area contributed by atoms with E-state index in [1.165, 1.54) is 0 Å². The van der Waals surface area contributed by atoms with Crippen LogP contribution in [0.3, 0.4) is 0 Å². The van der Waals surface area contributed by atoms with Gasteiger partial charge in [-0.3, -0.25) is 4.79 Å². The highest BCUT2D eigenvalue weighted by Gasteiger charge is 2.16. The van der Waals surface area contributed by atoms with Crippen LogP contribution in [0.4, 0.5) is 0 Å². The van der Waals surface area contributed by atoms with Crippen molar-refractivity contribution in [2.45, 2.75) is 38.4 Å². The van der Waals surface area contributed by atoms with Gasteiger partial charge in [-0.2, -0.15) is 12.6 Å². The number of hydrogen-bond acceptors (Lipinski definition) is 3. The Kier molecular flexibility index (Phi) is 8.91. The van der Waals surface area contributed by atoms with Crippen LogP contribution in [0.1, 0.15) is 33.1 Å². The fourth-order valence-electron chi connectivity index (χ4n) is 1.17. The molecular formula is C11H23NO2S. The van der Waals surface area contributed by atoms with Gasteiger partial charge in [0.15, 0.2) is 0 Å². The summed E-state index contributed by atoms with van der Waals surface area (Å²) >= 11 is 4.25. The normalized spacial score (nSPS) is 12.9. The van der Waals surface area contributed by atoms with Crippen molar-refractivity contribution in [1.82, 2.24) is 5.32 Å². The van der Waals surface area contributed by atoms with Crippen molar-refractivity contribution in [2.24, 2.45) is 5.92 Å². The summed E-state index contributed by atoms with van der Waals surface area (Å²) in [4.78, 5) is 11.5. The van der Waals surface area contributed by atoms with E-state index in [0.29, 0.717) is 0 Å². The van der Waals surface area contributed by atoms with Crippen molar-refractivity contribution in [3.63, 3.8) is 0 Å². The number of ether oxygens (including phenoxy) is 1. The summed E-state index contributed by atoms with van der Waals surface area (Å²) in [5, 5.41) is 2.69. The van der Waals surface area contributed by atoms with E-state index in [1.54, 1.807) is 7.11 Å². The molecule has 0 aliphatic carbocycles. The molecule has 0 saturated carbocycles. The molecule has 0 saturated heterocycles. The highest BCUT2D eigenvalue weighted by Crippen LogP contribution is 2.08. The summed E-state index contributed by atoms with van der Waals surface area (Å²) in [6.45, 7) is 5.53. The van der Waals surface area contributed by atoms with Gasteiger partial charge in [-0.05, 0) is 25.2 Å². The number of amides is 1. The first-order valence-corrected chi connectivity index (χ1v) is 6.06. The number of unbranched alkanes of at least 4 members (excludes halogenated alkanes) is 2. The van der Waals surface area contributed by atoms with E-state index in [-0.39, 0.29) is 17.1 Å².